The number of ether oxygens (including phenoxy) is 1. The Morgan fingerprint density at radius 1 is 1.00 bits per heavy atom. The van der Waals surface area contributed by atoms with Gasteiger partial charge in [-0.2, -0.15) is 0 Å². The topological polar surface area (TPSA) is 75.7 Å². The second-order valence-corrected chi connectivity index (χ2v) is 9.19. The molecule has 0 aromatic heterocycles. The number of nitrogens with zero attached hydrogens (tertiary/aromatic N) is 1. The lowest BCUT2D eigenvalue weighted by Crippen LogP contribution is -2.57. The summed E-state index contributed by atoms with van der Waals surface area (Å²) in [5.74, 6) is -1.01. The van der Waals surface area contributed by atoms with Gasteiger partial charge in [0, 0.05) is 19.2 Å². The normalized spacial score (nSPS) is 16.0. The van der Waals surface area contributed by atoms with Gasteiger partial charge in [0.25, 0.3) is 0 Å². The van der Waals surface area contributed by atoms with Gasteiger partial charge < -0.3 is 15.0 Å². The minimum atomic E-state index is -0.830. The number of hydrogen-bond acceptors (Lipinski definition) is 4. The first-order valence-corrected chi connectivity index (χ1v) is 13.0. The lowest BCUT2D eigenvalue weighted by Gasteiger charge is -2.33. The average molecular weight is 471 g/mol. The van der Waals surface area contributed by atoms with Crippen LogP contribution in [0.15, 0.2) is 30.3 Å². The third-order valence-corrected chi connectivity index (χ3v) is 6.23. The molecule has 1 N–H and O–H groups in total. The highest BCUT2D eigenvalue weighted by Crippen LogP contribution is 2.14. The first-order valence-electron chi connectivity index (χ1n) is 13.0. The number of unbranched alkanes of at least 4 members (excludes halogenated alkanes) is 9. The van der Waals surface area contributed by atoms with Gasteiger partial charge in [-0.25, -0.2) is 0 Å². The van der Waals surface area contributed by atoms with Crippen LogP contribution in [0.4, 0.5) is 0 Å². The quantitative estimate of drug-likeness (QED) is 0.217. The van der Waals surface area contributed by atoms with Crippen molar-refractivity contribution in [3.8, 4) is 0 Å². The molecule has 6 nitrogen and oxygen atoms in total. The molecule has 0 saturated carbocycles. The molecule has 2 rings (SSSR count). The molecule has 1 fully saturated rings. The van der Waals surface area contributed by atoms with E-state index in [2.05, 4.69) is 12.2 Å². The number of rotatable bonds is 15. The summed E-state index contributed by atoms with van der Waals surface area (Å²) in [7, 11) is 0. The maximum Gasteiger partial charge on any atom is 0.308 e. The van der Waals surface area contributed by atoms with Gasteiger partial charge in [0.15, 0.2) is 0 Å². The molecule has 1 aliphatic heterocycles. The van der Waals surface area contributed by atoms with Crippen molar-refractivity contribution in [1.82, 2.24) is 10.2 Å². The maximum atomic E-state index is 12.7. The summed E-state index contributed by atoms with van der Waals surface area (Å²) < 4.78 is 5.36. The summed E-state index contributed by atoms with van der Waals surface area (Å²) in [6.07, 6.45) is 15.2. The Balaban J connectivity index is 1.69. The van der Waals surface area contributed by atoms with E-state index in [-0.39, 0.29) is 18.2 Å². The average Bonchev–Trinajstić information content (AvgIpc) is 2.83. The number of hydrogen-bond donors (Lipinski definition) is 1. The van der Waals surface area contributed by atoms with Gasteiger partial charge in [0.2, 0.25) is 11.8 Å². The van der Waals surface area contributed by atoms with Crippen LogP contribution in [-0.2, 0) is 19.1 Å². The molecule has 188 valence electrons. The zero-order valence-corrected chi connectivity index (χ0v) is 21.0. The van der Waals surface area contributed by atoms with E-state index in [4.69, 9.17) is 4.74 Å². The fourth-order valence-electron chi connectivity index (χ4n) is 4.11. The van der Waals surface area contributed by atoms with E-state index < -0.39 is 12.0 Å². The fraction of sp³-hybridized carbons (Fsp3) is 0.607. The van der Waals surface area contributed by atoms with Crippen molar-refractivity contribution < 1.29 is 19.1 Å². The molecule has 1 aliphatic rings. The molecular weight excluding hydrogens is 428 g/mol. The highest BCUT2D eigenvalue weighted by Gasteiger charge is 2.34. The summed E-state index contributed by atoms with van der Waals surface area (Å²) in [5, 5.41) is 2.75. The van der Waals surface area contributed by atoms with Crippen molar-refractivity contribution in [2.45, 2.75) is 90.5 Å². The third kappa shape index (κ3) is 10.5. The molecule has 0 radical (unpaired) electrons. The van der Waals surface area contributed by atoms with E-state index in [1.54, 1.807) is 6.08 Å². The van der Waals surface area contributed by atoms with Crippen LogP contribution in [0.1, 0.15) is 88.7 Å². The van der Waals surface area contributed by atoms with Crippen molar-refractivity contribution in [3.05, 3.63) is 41.5 Å². The van der Waals surface area contributed by atoms with Crippen LogP contribution in [0.5, 0.6) is 0 Å². The standard InChI is InChI=1S/C28H42N2O4/c1-3-4-5-6-7-8-9-10-11-12-21-34-27(32)22-25-28(33)29-19-20-30(25)26(31)18-17-24-15-13-23(2)14-16-24/h13-18,25H,3-12,19-22H2,1-2H3,(H,29,33)/b18-17+. The van der Waals surface area contributed by atoms with E-state index >= 15 is 0 Å². The summed E-state index contributed by atoms with van der Waals surface area (Å²) in [4.78, 5) is 38.9. The van der Waals surface area contributed by atoms with Crippen molar-refractivity contribution in [1.29, 1.82) is 0 Å². The molecule has 1 aromatic carbocycles. The molecule has 0 aliphatic carbocycles. The maximum absolute atomic E-state index is 12.7. The fourth-order valence-corrected chi connectivity index (χ4v) is 4.11. The molecule has 0 bridgehead atoms. The minimum Gasteiger partial charge on any atom is -0.466 e. The lowest BCUT2D eigenvalue weighted by molar-refractivity contribution is -0.150. The molecule has 1 heterocycles. The van der Waals surface area contributed by atoms with Crippen LogP contribution in [-0.4, -0.2) is 48.4 Å². The van der Waals surface area contributed by atoms with Crippen molar-refractivity contribution in [3.63, 3.8) is 0 Å². The number of aryl methyl sites for hydroxylation is 1. The molecule has 1 aromatic rings. The van der Waals surface area contributed by atoms with E-state index in [0.717, 1.165) is 30.4 Å². The van der Waals surface area contributed by atoms with Gasteiger partial charge in [-0.15, -0.1) is 0 Å². The summed E-state index contributed by atoms with van der Waals surface area (Å²) in [6, 6.07) is 7.00. The Kier molecular flexibility index (Phi) is 13.1. The van der Waals surface area contributed by atoms with E-state index in [1.165, 1.54) is 55.9 Å². The third-order valence-electron chi connectivity index (χ3n) is 6.23. The number of benzene rings is 1. The zero-order valence-electron chi connectivity index (χ0n) is 21.0. The first-order chi connectivity index (χ1) is 16.5. The highest BCUT2D eigenvalue weighted by molar-refractivity contribution is 5.97. The summed E-state index contributed by atoms with van der Waals surface area (Å²) >= 11 is 0. The van der Waals surface area contributed by atoms with Crippen LogP contribution in [0.25, 0.3) is 6.08 Å². The number of nitrogens with one attached hydrogen (secondary N) is 1. The summed E-state index contributed by atoms with van der Waals surface area (Å²) in [5.41, 5.74) is 2.06. The number of piperazine rings is 1. The van der Waals surface area contributed by atoms with Crippen molar-refractivity contribution in [2.24, 2.45) is 0 Å². The van der Waals surface area contributed by atoms with E-state index in [0.29, 0.717) is 19.7 Å². The van der Waals surface area contributed by atoms with Gasteiger partial charge in [-0.3, -0.25) is 14.4 Å². The predicted octanol–water partition coefficient (Wildman–Crippen LogP) is 5.19. The van der Waals surface area contributed by atoms with Gasteiger partial charge in [-0.1, -0.05) is 94.5 Å². The molecule has 1 saturated heterocycles. The van der Waals surface area contributed by atoms with Crippen LogP contribution in [0.2, 0.25) is 0 Å². The second kappa shape index (κ2) is 16.1. The zero-order chi connectivity index (χ0) is 24.6. The van der Waals surface area contributed by atoms with Crippen LogP contribution < -0.4 is 5.32 Å². The van der Waals surface area contributed by atoms with Crippen molar-refractivity contribution >= 4 is 23.9 Å². The molecule has 34 heavy (non-hydrogen) atoms. The molecule has 6 heteroatoms. The smallest absolute Gasteiger partial charge is 0.308 e. The van der Waals surface area contributed by atoms with Gasteiger partial charge in [-0.05, 0) is 25.0 Å². The number of carbonyl (C=O) groups excluding carboxylic acids is 3. The predicted molar refractivity (Wildman–Crippen MR) is 136 cm³/mol. The largest absolute Gasteiger partial charge is 0.466 e. The van der Waals surface area contributed by atoms with Crippen LogP contribution in [0, 0.1) is 6.92 Å². The highest BCUT2D eigenvalue weighted by atomic mass is 16.5. The Bertz CT molecular complexity index is 788. The van der Waals surface area contributed by atoms with Crippen molar-refractivity contribution in [2.75, 3.05) is 19.7 Å². The second-order valence-electron chi connectivity index (χ2n) is 9.19. The van der Waals surface area contributed by atoms with Crippen LogP contribution >= 0.6 is 0 Å². The monoisotopic (exact) mass is 470 g/mol. The summed E-state index contributed by atoms with van der Waals surface area (Å²) in [6.45, 7) is 5.36. The van der Waals surface area contributed by atoms with Gasteiger partial charge in [0.1, 0.15) is 6.04 Å². The number of carbonyl (C=O) groups is 3. The Morgan fingerprint density at radius 3 is 2.26 bits per heavy atom. The Labute approximate surface area is 205 Å². The molecule has 0 spiro atoms. The molecule has 2 amide bonds. The molecular formula is C28H42N2O4. The molecule has 1 atom stereocenters. The van der Waals surface area contributed by atoms with Crippen LogP contribution in [0.3, 0.4) is 0 Å². The molecule has 1 unspecified atom stereocenters. The lowest BCUT2D eigenvalue weighted by atomic mass is 10.1. The van der Waals surface area contributed by atoms with Gasteiger partial charge in [0.05, 0.1) is 13.0 Å². The van der Waals surface area contributed by atoms with E-state index in [1.807, 2.05) is 31.2 Å². The Morgan fingerprint density at radius 2 is 1.62 bits per heavy atom. The Hall–Kier alpha value is -2.63. The minimum absolute atomic E-state index is 0.117. The number of amides is 2. The SMILES string of the molecule is CCCCCCCCCCCCOC(=O)CC1C(=O)NCCN1C(=O)/C=C/c1ccc(C)cc1. The number of esters is 1. The first kappa shape index (κ1) is 27.6. The van der Waals surface area contributed by atoms with Gasteiger partial charge >= 0.3 is 5.97 Å². The van der Waals surface area contributed by atoms with E-state index in [9.17, 15) is 14.4 Å².